The molecule has 0 bridgehead atoms. The Morgan fingerprint density at radius 3 is 2.82 bits per heavy atom. The number of aromatic nitrogens is 3. The molecule has 1 atom stereocenters. The van der Waals surface area contributed by atoms with Crippen molar-refractivity contribution in [2.45, 2.75) is 38.6 Å². The molecule has 1 aliphatic heterocycles. The Morgan fingerprint density at radius 1 is 1.29 bits per heavy atom. The first-order valence-electron chi connectivity index (χ1n) is 9.52. The quantitative estimate of drug-likeness (QED) is 0.677. The van der Waals surface area contributed by atoms with Gasteiger partial charge < -0.3 is 19.7 Å². The van der Waals surface area contributed by atoms with Gasteiger partial charge in [-0.05, 0) is 24.5 Å². The lowest BCUT2D eigenvalue weighted by atomic mass is 10.0. The van der Waals surface area contributed by atoms with Gasteiger partial charge in [-0.3, -0.25) is 9.59 Å². The summed E-state index contributed by atoms with van der Waals surface area (Å²) < 4.78 is 4.91. The van der Waals surface area contributed by atoms with Crippen LogP contribution in [-0.2, 0) is 22.4 Å². The highest BCUT2D eigenvalue weighted by molar-refractivity contribution is 5.90. The van der Waals surface area contributed by atoms with Gasteiger partial charge in [-0.2, -0.15) is 4.98 Å². The van der Waals surface area contributed by atoms with Crippen molar-refractivity contribution in [3.05, 3.63) is 47.7 Å². The van der Waals surface area contributed by atoms with Gasteiger partial charge in [0, 0.05) is 43.5 Å². The molecule has 0 saturated carbocycles. The first kappa shape index (κ1) is 18.2. The van der Waals surface area contributed by atoms with Gasteiger partial charge in [-0.25, -0.2) is 0 Å². The minimum atomic E-state index is -0.627. The van der Waals surface area contributed by atoms with Gasteiger partial charge in [0.1, 0.15) is 6.04 Å². The molecule has 4 rings (SSSR count). The number of amides is 2. The second-order valence-electron chi connectivity index (χ2n) is 7.12. The molecular formula is C20H23N5O3. The summed E-state index contributed by atoms with van der Waals surface area (Å²) >= 11 is 0. The maximum atomic E-state index is 13.1. The normalized spacial score (nSPS) is 15.1. The van der Waals surface area contributed by atoms with Crippen molar-refractivity contribution in [1.29, 1.82) is 0 Å². The number of carbonyl (C=O) groups excluding carboxylic acids is 2. The minimum Gasteiger partial charge on any atom is -0.361 e. The third-order valence-electron chi connectivity index (χ3n) is 5.04. The van der Waals surface area contributed by atoms with E-state index in [0.717, 1.165) is 42.4 Å². The summed E-state index contributed by atoms with van der Waals surface area (Å²) in [6.07, 6.45) is 4.32. The minimum absolute atomic E-state index is 0.0188. The third kappa shape index (κ3) is 3.90. The highest BCUT2D eigenvalue weighted by Gasteiger charge is 2.29. The number of likely N-dealkylation sites (tertiary alicyclic amines) is 1. The van der Waals surface area contributed by atoms with Gasteiger partial charge in [-0.1, -0.05) is 23.4 Å². The summed E-state index contributed by atoms with van der Waals surface area (Å²) in [6, 6.07) is 7.31. The molecule has 1 saturated heterocycles. The van der Waals surface area contributed by atoms with E-state index in [1.54, 1.807) is 6.92 Å². The SMILES string of the molecule is Cc1nc(CC(=O)NC(Cc2c[nH]c3ccccc23)C(=O)N2CCCC2)no1. The van der Waals surface area contributed by atoms with Crippen molar-refractivity contribution in [1.82, 2.24) is 25.3 Å². The predicted octanol–water partition coefficient (Wildman–Crippen LogP) is 1.75. The van der Waals surface area contributed by atoms with Crippen molar-refractivity contribution >= 4 is 22.7 Å². The van der Waals surface area contributed by atoms with Crippen molar-refractivity contribution in [3.8, 4) is 0 Å². The van der Waals surface area contributed by atoms with Crippen LogP contribution >= 0.6 is 0 Å². The van der Waals surface area contributed by atoms with E-state index in [2.05, 4.69) is 20.4 Å². The lowest BCUT2D eigenvalue weighted by molar-refractivity contribution is -0.135. The molecule has 2 N–H and O–H groups in total. The largest absolute Gasteiger partial charge is 0.361 e. The van der Waals surface area contributed by atoms with Crippen LogP contribution in [0.1, 0.15) is 30.1 Å². The number of rotatable bonds is 6. The zero-order valence-corrected chi connectivity index (χ0v) is 15.8. The van der Waals surface area contributed by atoms with E-state index in [9.17, 15) is 9.59 Å². The second kappa shape index (κ2) is 7.84. The van der Waals surface area contributed by atoms with Crippen LogP contribution in [0, 0.1) is 6.92 Å². The zero-order valence-electron chi connectivity index (χ0n) is 15.8. The van der Waals surface area contributed by atoms with E-state index in [0.29, 0.717) is 18.1 Å². The molecule has 146 valence electrons. The van der Waals surface area contributed by atoms with Gasteiger partial charge in [0.25, 0.3) is 0 Å². The first-order valence-corrected chi connectivity index (χ1v) is 9.52. The van der Waals surface area contributed by atoms with Crippen molar-refractivity contribution in [2.24, 2.45) is 0 Å². The third-order valence-corrected chi connectivity index (χ3v) is 5.04. The lowest BCUT2D eigenvalue weighted by Crippen LogP contribution is -2.49. The number of para-hydroxylation sites is 1. The fraction of sp³-hybridized carbons (Fsp3) is 0.400. The molecule has 0 aliphatic carbocycles. The number of nitrogens with one attached hydrogen (secondary N) is 2. The fourth-order valence-electron chi connectivity index (χ4n) is 3.68. The average Bonchev–Trinajstić information content (AvgIpc) is 3.43. The van der Waals surface area contributed by atoms with E-state index < -0.39 is 6.04 Å². The molecule has 1 aliphatic rings. The number of hydrogen-bond acceptors (Lipinski definition) is 5. The van der Waals surface area contributed by atoms with Crippen molar-refractivity contribution in [3.63, 3.8) is 0 Å². The molecule has 0 radical (unpaired) electrons. The zero-order chi connectivity index (χ0) is 19.5. The fourth-order valence-corrected chi connectivity index (χ4v) is 3.68. The molecule has 3 aromatic rings. The van der Waals surface area contributed by atoms with E-state index in [1.165, 1.54) is 0 Å². The van der Waals surface area contributed by atoms with E-state index >= 15 is 0 Å². The van der Waals surface area contributed by atoms with Gasteiger partial charge >= 0.3 is 0 Å². The Kier molecular flexibility index (Phi) is 5.10. The van der Waals surface area contributed by atoms with Gasteiger partial charge in [0.15, 0.2) is 5.82 Å². The number of fused-ring (bicyclic) bond motifs is 1. The number of aryl methyl sites for hydroxylation is 1. The van der Waals surface area contributed by atoms with Gasteiger partial charge in [-0.15, -0.1) is 0 Å². The maximum absolute atomic E-state index is 13.1. The Balaban J connectivity index is 1.52. The smallest absolute Gasteiger partial charge is 0.245 e. The molecule has 2 aromatic heterocycles. The van der Waals surface area contributed by atoms with Crippen LogP contribution < -0.4 is 5.32 Å². The average molecular weight is 381 g/mol. The summed E-state index contributed by atoms with van der Waals surface area (Å²) in [7, 11) is 0. The highest BCUT2D eigenvalue weighted by Crippen LogP contribution is 2.20. The first-order chi connectivity index (χ1) is 13.6. The van der Waals surface area contributed by atoms with Crippen LogP contribution in [0.4, 0.5) is 0 Å². The molecule has 28 heavy (non-hydrogen) atoms. The van der Waals surface area contributed by atoms with Crippen LogP contribution in [0.25, 0.3) is 10.9 Å². The molecule has 1 aromatic carbocycles. The van der Waals surface area contributed by atoms with Crippen LogP contribution in [-0.4, -0.2) is 51.0 Å². The molecule has 2 amide bonds. The van der Waals surface area contributed by atoms with Crippen LogP contribution in [0.5, 0.6) is 0 Å². The summed E-state index contributed by atoms with van der Waals surface area (Å²) in [5, 5.41) is 7.70. The Morgan fingerprint density at radius 2 is 2.07 bits per heavy atom. The van der Waals surface area contributed by atoms with Gasteiger partial charge in [0.05, 0.1) is 6.42 Å². The molecule has 0 spiro atoms. The standard InChI is InChI=1S/C20H23N5O3/c1-13-22-18(24-28-13)11-19(26)23-17(20(27)25-8-4-5-9-25)10-14-12-21-16-7-3-2-6-15(14)16/h2-3,6-7,12,17,21H,4-5,8-11H2,1H3,(H,23,26). The van der Waals surface area contributed by atoms with Crippen molar-refractivity contribution in [2.75, 3.05) is 13.1 Å². The number of carbonyl (C=O) groups is 2. The molecule has 3 heterocycles. The number of benzene rings is 1. The predicted molar refractivity (Wildman–Crippen MR) is 102 cm³/mol. The molecule has 8 nitrogen and oxygen atoms in total. The Bertz CT molecular complexity index is 987. The van der Waals surface area contributed by atoms with Crippen LogP contribution in [0.2, 0.25) is 0 Å². The van der Waals surface area contributed by atoms with E-state index in [1.807, 2.05) is 35.4 Å². The van der Waals surface area contributed by atoms with E-state index in [4.69, 9.17) is 4.52 Å². The molecular weight excluding hydrogens is 358 g/mol. The monoisotopic (exact) mass is 381 g/mol. The Hall–Kier alpha value is -3.16. The number of hydrogen-bond donors (Lipinski definition) is 2. The van der Waals surface area contributed by atoms with Gasteiger partial charge in [0.2, 0.25) is 17.7 Å². The van der Waals surface area contributed by atoms with E-state index in [-0.39, 0.29) is 18.2 Å². The Labute approximate surface area is 162 Å². The summed E-state index contributed by atoms with van der Waals surface area (Å²) in [5.41, 5.74) is 2.02. The van der Waals surface area contributed by atoms with Crippen LogP contribution in [0.3, 0.4) is 0 Å². The molecule has 1 unspecified atom stereocenters. The lowest BCUT2D eigenvalue weighted by Gasteiger charge is -2.24. The van der Waals surface area contributed by atoms with Crippen LogP contribution in [0.15, 0.2) is 35.0 Å². The second-order valence-corrected chi connectivity index (χ2v) is 7.12. The summed E-state index contributed by atoms with van der Waals surface area (Å²) in [5.74, 6) is 0.388. The molecule has 8 heteroatoms. The number of aromatic amines is 1. The molecule has 1 fully saturated rings. The van der Waals surface area contributed by atoms with Crippen molar-refractivity contribution < 1.29 is 14.1 Å². The number of nitrogens with zero attached hydrogens (tertiary/aromatic N) is 3. The topological polar surface area (TPSA) is 104 Å². The number of H-pyrrole nitrogens is 1. The highest BCUT2D eigenvalue weighted by atomic mass is 16.5. The summed E-state index contributed by atoms with van der Waals surface area (Å²) in [6.45, 7) is 3.15. The summed E-state index contributed by atoms with van der Waals surface area (Å²) in [4.78, 5) is 34.7. The maximum Gasteiger partial charge on any atom is 0.245 e.